The van der Waals surface area contributed by atoms with Crippen LogP contribution >= 0.6 is 8.03 Å². The van der Waals surface area contributed by atoms with Crippen LogP contribution in [0.25, 0.3) is 0 Å². The smallest absolute Gasteiger partial charge is 0.478 e. The van der Waals surface area contributed by atoms with E-state index in [9.17, 15) is 14.5 Å². The molecule has 2 aliphatic rings. The summed E-state index contributed by atoms with van der Waals surface area (Å²) in [6.07, 6.45) is 14.8. The van der Waals surface area contributed by atoms with Crippen LogP contribution in [0.1, 0.15) is 77.6 Å². The van der Waals surface area contributed by atoms with Crippen LogP contribution in [-0.4, -0.2) is 23.3 Å². The quantitative estimate of drug-likeness (QED) is 0.448. The van der Waals surface area contributed by atoms with E-state index in [0.717, 1.165) is 32.1 Å². The minimum Gasteiger partial charge on any atom is -0.478 e. The number of carboxylic acid groups (broad SMARTS) is 1. The monoisotopic (exact) mass is 355 g/mol. The molecule has 2 unspecified atom stereocenters. The highest BCUT2D eigenvalue weighted by molar-refractivity contribution is 7.39. The molecule has 5 heteroatoms. The average Bonchev–Trinajstić information content (AvgIpc) is 2.55. The second-order valence-electron chi connectivity index (χ2n) is 7.54. The van der Waals surface area contributed by atoms with Crippen LogP contribution in [0, 0.1) is 11.8 Å². The van der Waals surface area contributed by atoms with Gasteiger partial charge in [-0.25, -0.2) is 4.79 Å². The second kappa shape index (κ2) is 10.3. The van der Waals surface area contributed by atoms with Gasteiger partial charge in [-0.1, -0.05) is 57.4 Å². The van der Waals surface area contributed by atoms with Crippen LogP contribution in [0.3, 0.4) is 0 Å². The molecule has 0 aromatic carbocycles. The first-order valence-corrected chi connectivity index (χ1v) is 11.0. The van der Waals surface area contributed by atoms with Gasteiger partial charge in [0.2, 0.25) is 6.16 Å². The maximum atomic E-state index is 12.3. The number of rotatable bonds is 8. The van der Waals surface area contributed by atoms with Gasteiger partial charge in [-0.3, -0.25) is 0 Å². The van der Waals surface area contributed by atoms with Crippen molar-refractivity contribution >= 4 is 14.0 Å². The first-order chi connectivity index (χ1) is 11.5. The van der Waals surface area contributed by atoms with Gasteiger partial charge in [-0.15, -0.1) is 4.52 Å². The summed E-state index contributed by atoms with van der Waals surface area (Å²) in [6.45, 7) is 1.97. The topological polar surface area (TPSA) is 63.6 Å². The molecule has 0 amide bonds. The average molecular weight is 355 g/mol. The van der Waals surface area contributed by atoms with Gasteiger partial charge in [0.25, 0.3) is 0 Å². The number of hydrogen-bond donors (Lipinski definition) is 1. The molecule has 4 nitrogen and oxygen atoms in total. The number of hydrogen-bond acceptors (Lipinski definition) is 3. The van der Waals surface area contributed by atoms with Gasteiger partial charge in [0.15, 0.2) is 0 Å². The van der Waals surface area contributed by atoms with Crippen molar-refractivity contribution in [2.24, 2.45) is 11.8 Å². The second-order valence-corrected chi connectivity index (χ2v) is 8.73. The zero-order valence-electron chi connectivity index (χ0n) is 14.9. The molecule has 0 heterocycles. The summed E-state index contributed by atoms with van der Waals surface area (Å²) in [4.78, 5) is 11.5. The van der Waals surface area contributed by atoms with Crippen LogP contribution in [0.5, 0.6) is 0 Å². The van der Waals surface area contributed by atoms with Crippen LogP contribution in [0.15, 0.2) is 11.6 Å². The molecule has 1 N–H and O–H groups in total. The lowest BCUT2D eigenvalue weighted by Crippen LogP contribution is -2.15. The third-order valence-corrected chi connectivity index (χ3v) is 6.54. The number of carboxylic acids is 1. The molecule has 0 radical (unpaired) electrons. The van der Waals surface area contributed by atoms with Crippen LogP contribution in [0.4, 0.5) is 0 Å². The van der Waals surface area contributed by atoms with Crippen molar-refractivity contribution in [3.05, 3.63) is 11.6 Å². The third kappa shape index (κ3) is 7.03. The van der Waals surface area contributed by atoms with Crippen molar-refractivity contribution < 1.29 is 19.0 Å². The Kier molecular flexibility index (Phi) is 8.41. The Balaban J connectivity index is 1.80. The number of aliphatic carboxylic acids is 1. The fraction of sp³-hybridized carbons (Fsp3) is 0.842. The lowest BCUT2D eigenvalue weighted by Gasteiger charge is -2.22. The summed E-state index contributed by atoms with van der Waals surface area (Å²) in [6, 6.07) is 0. The molecule has 2 rings (SSSR count). The van der Waals surface area contributed by atoms with Gasteiger partial charge in [-0.2, -0.15) is 0 Å². The molecule has 2 saturated carbocycles. The summed E-state index contributed by atoms with van der Waals surface area (Å²) in [7, 11) is -1.94. The molecule has 0 bridgehead atoms. The van der Waals surface area contributed by atoms with Crippen LogP contribution in [0.2, 0.25) is 0 Å². The van der Waals surface area contributed by atoms with Crippen LogP contribution < -0.4 is 0 Å². The lowest BCUT2D eigenvalue weighted by molar-refractivity contribution is -0.132. The van der Waals surface area contributed by atoms with E-state index >= 15 is 0 Å². The minimum atomic E-state index is -1.94. The minimum absolute atomic E-state index is 0.0379. The van der Waals surface area contributed by atoms with E-state index < -0.39 is 14.0 Å². The number of carbonyl (C=O) groups is 1. The molecule has 0 aromatic rings. The van der Waals surface area contributed by atoms with Crippen molar-refractivity contribution in [3.63, 3.8) is 0 Å². The molecule has 0 aliphatic heterocycles. The predicted octanol–water partition coefficient (Wildman–Crippen LogP) is 5.70. The normalized spacial score (nSPS) is 23.0. The largest absolute Gasteiger partial charge is 0.513 e. The fourth-order valence-electron chi connectivity index (χ4n) is 4.09. The Morgan fingerprint density at radius 2 is 1.71 bits per heavy atom. The Bertz CT molecular complexity index is 448. The van der Waals surface area contributed by atoms with Gasteiger partial charge in [0.1, 0.15) is 6.10 Å². The van der Waals surface area contributed by atoms with Gasteiger partial charge in [-0.05, 0) is 42.6 Å². The van der Waals surface area contributed by atoms with Gasteiger partial charge in [0, 0.05) is 0 Å². The van der Waals surface area contributed by atoms with Crippen LogP contribution in [-0.2, 0) is 13.9 Å². The lowest BCUT2D eigenvalue weighted by atomic mass is 9.86. The zero-order chi connectivity index (χ0) is 17.4. The first kappa shape index (κ1) is 19.6. The van der Waals surface area contributed by atoms with E-state index in [1.54, 1.807) is 0 Å². The van der Waals surface area contributed by atoms with E-state index in [4.69, 9.17) is 4.52 Å². The zero-order valence-corrected chi connectivity index (χ0v) is 15.8. The summed E-state index contributed by atoms with van der Waals surface area (Å²) in [5.74, 6) is 0.0502. The van der Waals surface area contributed by atoms with E-state index in [2.05, 4.69) is 0 Å². The third-order valence-electron chi connectivity index (χ3n) is 5.35. The molecular formula is C19H32O4P+. The van der Waals surface area contributed by atoms with Crippen molar-refractivity contribution in [2.45, 2.75) is 83.7 Å². The van der Waals surface area contributed by atoms with Crippen molar-refractivity contribution in [2.75, 3.05) is 6.16 Å². The summed E-state index contributed by atoms with van der Waals surface area (Å²) in [5.41, 5.74) is 0.271. The summed E-state index contributed by atoms with van der Waals surface area (Å²) >= 11 is 0. The SMILES string of the molecule is CC(CC1CCCCC1)O[P+](=O)CC(=CC1CCCCC1)C(=O)O. The maximum absolute atomic E-state index is 12.3. The standard InChI is InChI=1S/C19H31O4P/c1-15(12-16-8-4-2-5-9-16)23-24(22)14-18(19(20)21)13-17-10-6-3-7-11-17/h13,15-17H,2-12,14H2,1H3/p+1. The summed E-state index contributed by atoms with van der Waals surface area (Å²) < 4.78 is 17.9. The molecule has 0 aromatic heterocycles. The Morgan fingerprint density at radius 3 is 2.29 bits per heavy atom. The Morgan fingerprint density at radius 1 is 1.12 bits per heavy atom. The predicted molar refractivity (Wildman–Crippen MR) is 96.5 cm³/mol. The molecule has 2 atom stereocenters. The fourth-order valence-corrected chi connectivity index (χ4v) is 5.17. The summed E-state index contributed by atoms with van der Waals surface area (Å²) in [5, 5.41) is 9.40. The highest BCUT2D eigenvalue weighted by atomic mass is 31.1. The van der Waals surface area contributed by atoms with E-state index in [-0.39, 0.29) is 17.8 Å². The van der Waals surface area contributed by atoms with Gasteiger partial charge >= 0.3 is 14.0 Å². The molecule has 2 fully saturated rings. The van der Waals surface area contributed by atoms with Gasteiger partial charge in [0.05, 0.1) is 5.57 Å². The molecular weight excluding hydrogens is 323 g/mol. The molecule has 0 saturated heterocycles. The molecule has 136 valence electrons. The van der Waals surface area contributed by atoms with Crippen molar-refractivity contribution in [3.8, 4) is 0 Å². The van der Waals surface area contributed by atoms with Crippen molar-refractivity contribution in [1.82, 2.24) is 0 Å². The highest BCUT2D eigenvalue weighted by Gasteiger charge is 2.29. The molecule has 24 heavy (non-hydrogen) atoms. The van der Waals surface area contributed by atoms with Gasteiger partial charge < -0.3 is 5.11 Å². The Labute approximate surface area is 146 Å². The van der Waals surface area contributed by atoms with E-state index in [1.165, 1.54) is 38.5 Å². The number of allylic oxidation sites excluding steroid dienone is 1. The highest BCUT2D eigenvalue weighted by Crippen LogP contribution is 2.34. The first-order valence-electron chi connectivity index (χ1n) is 9.60. The van der Waals surface area contributed by atoms with E-state index in [0.29, 0.717) is 11.8 Å². The maximum Gasteiger partial charge on any atom is 0.513 e. The Hall–Kier alpha value is -0.730. The molecule has 0 spiro atoms. The van der Waals surface area contributed by atoms with Crippen molar-refractivity contribution in [1.29, 1.82) is 0 Å². The van der Waals surface area contributed by atoms with E-state index in [1.807, 2.05) is 13.0 Å². The molecule has 2 aliphatic carbocycles.